The zero-order valence-corrected chi connectivity index (χ0v) is 11.2. The number of carbonyl (C=O) groups is 1. The number of amides is 1. The van der Waals surface area contributed by atoms with Gasteiger partial charge in [-0.3, -0.25) is 4.79 Å². The van der Waals surface area contributed by atoms with Crippen LogP contribution in [0.3, 0.4) is 0 Å². The number of rotatable bonds is 3. The Kier molecular flexibility index (Phi) is 3.28. The van der Waals surface area contributed by atoms with E-state index in [0.29, 0.717) is 6.54 Å². The summed E-state index contributed by atoms with van der Waals surface area (Å²) in [5, 5.41) is 0. The summed E-state index contributed by atoms with van der Waals surface area (Å²) in [6.45, 7) is 4.33. The Morgan fingerprint density at radius 2 is 2.06 bits per heavy atom. The van der Waals surface area contributed by atoms with E-state index < -0.39 is 0 Å². The molecule has 0 saturated heterocycles. The minimum atomic E-state index is 0.0159. The average molecular weight is 246 g/mol. The third kappa shape index (κ3) is 2.32. The normalized spacial score (nSPS) is 10.7. The molecule has 0 saturated carbocycles. The van der Waals surface area contributed by atoms with Crippen LogP contribution in [0.5, 0.6) is 0 Å². The molecule has 4 nitrogen and oxygen atoms in total. The third-order valence-corrected chi connectivity index (χ3v) is 3.15. The van der Waals surface area contributed by atoms with Gasteiger partial charge in [-0.25, -0.2) is 0 Å². The number of aryl methyl sites for hydroxylation is 2. The van der Waals surface area contributed by atoms with Crippen molar-refractivity contribution in [2.45, 2.75) is 20.4 Å². The first-order valence-electron chi connectivity index (χ1n) is 5.91. The third-order valence-electron chi connectivity index (χ3n) is 3.15. The van der Waals surface area contributed by atoms with E-state index >= 15 is 0 Å². The van der Waals surface area contributed by atoms with Gasteiger partial charge in [-0.05, 0) is 32.0 Å². The molecule has 4 heteroatoms. The fraction of sp³-hybridized carbons (Fsp3) is 0.357. The van der Waals surface area contributed by atoms with Crippen molar-refractivity contribution in [1.82, 2.24) is 9.47 Å². The summed E-state index contributed by atoms with van der Waals surface area (Å²) in [5.74, 6) is 1.68. The van der Waals surface area contributed by atoms with Crippen LogP contribution in [-0.4, -0.2) is 22.4 Å². The van der Waals surface area contributed by atoms with E-state index in [9.17, 15) is 4.79 Å². The van der Waals surface area contributed by atoms with Crippen LogP contribution in [0.1, 0.15) is 27.6 Å². The molecule has 2 aromatic rings. The highest BCUT2D eigenvalue weighted by molar-refractivity contribution is 5.95. The second kappa shape index (κ2) is 4.72. The highest BCUT2D eigenvalue weighted by Crippen LogP contribution is 2.14. The van der Waals surface area contributed by atoms with Crippen LogP contribution >= 0.6 is 0 Å². The molecule has 0 aliphatic rings. The number of hydrogen-bond acceptors (Lipinski definition) is 2. The van der Waals surface area contributed by atoms with Gasteiger partial charge in [-0.1, -0.05) is 0 Å². The van der Waals surface area contributed by atoms with E-state index in [4.69, 9.17) is 4.42 Å². The molecule has 0 bridgehead atoms. The van der Waals surface area contributed by atoms with Crippen molar-refractivity contribution in [3.8, 4) is 0 Å². The van der Waals surface area contributed by atoms with Gasteiger partial charge >= 0.3 is 0 Å². The molecule has 0 aromatic carbocycles. The first kappa shape index (κ1) is 12.5. The van der Waals surface area contributed by atoms with E-state index in [1.54, 1.807) is 11.9 Å². The first-order chi connectivity index (χ1) is 8.49. The van der Waals surface area contributed by atoms with Crippen molar-refractivity contribution in [1.29, 1.82) is 0 Å². The molecule has 1 amide bonds. The zero-order valence-electron chi connectivity index (χ0n) is 11.2. The Morgan fingerprint density at radius 3 is 2.56 bits per heavy atom. The quantitative estimate of drug-likeness (QED) is 0.834. The van der Waals surface area contributed by atoms with Gasteiger partial charge in [0.2, 0.25) is 0 Å². The van der Waals surface area contributed by atoms with E-state index in [2.05, 4.69) is 0 Å². The molecule has 0 fully saturated rings. The van der Waals surface area contributed by atoms with Crippen LogP contribution in [0.4, 0.5) is 0 Å². The van der Waals surface area contributed by atoms with Crippen molar-refractivity contribution in [2.75, 3.05) is 7.05 Å². The molecule has 2 rings (SSSR count). The number of hydrogen-bond donors (Lipinski definition) is 0. The Hall–Kier alpha value is -1.97. The second-order valence-corrected chi connectivity index (χ2v) is 4.60. The van der Waals surface area contributed by atoms with Crippen molar-refractivity contribution >= 4 is 5.91 Å². The molecule has 18 heavy (non-hydrogen) atoms. The minimum Gasteiger partial charge on any atom is -0.464 e. The monoisotopic (exact) mass is 246 g/mol. The molecule has 0 aliphatic carbocycles. The number of nitrogens with zero attached hydrogens (tertiary/aromatic N) is 2. The predicted molar refractivity (Wildman–Crippen MR) is 69.4 cm³/mol. The van der Waals surface area contributed by atoms with Crippen LogP contribution in [0.25, 0.3) is 0 Å². The lowest BCUT2D eigenvalue weighted by Crippen LogP contribution is -2.26. The number of aromatic nitrogens is 1. The lowest BCUT2D eigenvalue weighted by atomic mass is 10.2. The summed E-state index contributed by atoms with van der Waals surface area (Å²) < 4.78 is 7.42. The van der Waals surface area contributed by atoms with Gasteiger partial charge in [-0.15, -0.1) is 0 Å². The lowest BCUT2D eigenvalue weighted by Gasteiger charge is -2.15. The van der Waals surface area contributed by atoms with E-state index in [-0.39, 0.29) is 5.91 Å². The van der Waals surface area contributed by atoms with E-state index in [0.717, 1.165) is 22.8 Å². The Balaban J connectivity index is 2.12. The Morgan fingerprint density at radius 1 is 1.33 bits per heavy atom. The SMILES string of the molecule is Cc1ccc(CN(C)C(=O)c2ccn(C)c2C)o1. The van der Waals surface area contributed by atoms with Crippen LogP contribution in [0.2, 0.25) is 0 Å². The molecule has 0 aliphatic heterocycles. The fourth-order valence-corrected chi connectivity index (χ4v) is 1.92. The maximum absolute atomic E-state index is 12.3. The molecule has 0 N–H and O–H groups in total. The van der Waals surface area contributed by atoms with E-state index in [1.807, 2.05) is 49.9 Å². The summed E-state index contributed by atoms with van der Waals surface area (Å²) in [6.07, 6.45) is 1.90. The topological polar surface area (TPSA) is 38.4 Å². The van der Waals surface area contributed by atoms with Gasteiger partial charge < -0.3 is 13.9 Å². The maximum Gasteiger partial charge on any atom is 0.255 e. The standard InChI is InChI=1S/C14H18N2O2/c1-10-5-6-12(18-10)9-16(4)14(17)13-7-8-15(3)11(13)2/h5-8H,9H2,1-4H3. The van der Waals surface area contributed by atoms with Crippen molar-refractivity contribution < 1.29 is 9.21 Å². The smallest absolute Gasteiger partial charge is 0.255 e. The summed E-state index contributed by atoms with van der Waals surface area (Å²) in [4.78, 5) is 13.9. The number of carbonyl (C=O) groups excluding carboxylic acids is 1. The molecule has 2 aromatic heterocycles. The van der Waals surface area contributed by atoms with Crippen LogP contribution < -0.4 is 0 Å². The highest BCUT2D eigenvalue weighted by Gasteiger charge is 2.17. The molecule has 2 heterocycles. The van der Waals surface area contributed by atoms with Gasteiger partial charge in [0.05, 0.1) is 12.1 Å². The van der Waals surface area contributed by atoms with Crippen LogP contribution in [0, 0.1) is 13.8 Å². The summed E-state index contributed by atoms with van der Waals surface area (Å²) in [7, 11) is 3.72. The molecular formula is C14H18N2O2. The van der Waals surface area contributed by atoms with E-state index in [1.165, 1.54) is 0 Å². The minimum absolute atomic E-state index is 0.0159. The van der Waals surface area contributed by atoms with Crippen LogP contribution in [-0.2, 0) is 13.6 Å². The molecule has 0 atom stereocenters. The predicted octanol–water partition coefficient (Wildman–Crippen LogP) is 2.51. The zero-order chi connectivity index (χ0) is 13.3. The largest absolute Gasteiger partial charge is 0.464 e. The second-order valence-electron chi connectivity index (χ2n) is 4.60. The van der Waals surface area contributed by atoms with Crippen molar-refractivity contribution in [3.05, 3.63) is 47.2 Å². The van der Waals surface area contributed by atoms with Gasteiger partial charge in [0.25, 0.3) is 5.91 Å². The first-order valence-corrected chi connectivity index (χ1v) is 5.91. The molecule has 0 unspecified atom stereocenters. The lowest BCUT2D eigenvalue weighted by molar-refractivity contribution is 0.0774. The maximum atomic E-state index is 12.3. The summed E-state index contributed by atoms with van der Waals surface area (Å²) >= 11 is 0. The van der Waals surface area contributed by atoms with Crippen LogP contribution in [0.15, 0.2) is 28.8 Å². The summed E-state index contributed by atoms with van der Waals surface area (Å²) in [6, 6.07) is 5.65. The number of furan rings is 1. The molecule has 0 radical (unpaired) electrons. The van der Waals surface area contributed by atoms with Gasteiger partial charge in [-0.2, -0.15) is 0 Å². The average Bonchev–Trinajstić information content (AvgIpc) is 2.87. The highest BCUT2D eigenvalue weighted by atomic mass is 16.3. The Labute approximate surface area is 107 Å². The fourth-order valence-electron chi connectivity index (χ4n) is 1.92. The van der Waals surface area contributed by atoms with Gasteiger partial charge in [0, 0.05) is 26.0 Å². The van der Waals surface area contributed by atoms with Crippen molar-refractivity contribution in [3.63, 3.8) is 0 Å². The van der Waals surface area contributed by atoms with Gasteiger partial charge in [0.1, 0.15) is 11.5 Å². The Bertz CT molecular complexity index is 566. The molecule has 0 spiro atoms. The summed E-state index contributed by atoms with van der Waals surface area (Å²) in [5.41, 5.74) is 1.71. The molecular weight excluding hydrogens is 228 g/mol. The van der Waals surface area contributed by atoms with Gasteiger partial charge in [0.15, 0.2) is 0 Å². The van der Waals surface area contributed by atoms with Crippen molar-refractivity contribution in [2.24, 2.45) is 7.05 Å². The molecule has 96 valence electrons.